The Hall–Kier alpha value is -2.83. The van der Waals surface area contributed by atoms with Gasteiger partial charge in [0.1, 0.15) is 5.60 Å². The Labute approximate surface area is 152 Å². The number of para-hydroxylation sites is 1. The molecular weight excluding hydrogens is 332 g/mol. The molecule has 0 atom stereocenters. The van der Waals surface area contributed by atoms with E-state index in [0.29, 0.717) is 30.9 Å². The van der Waals surface area contributed by atoms with Crippen LogP contribution in [0.2, 0.25) is 0 Å². The van der Waals surface area contributed by atoms with Crippen LogP contribution in [0.5, 0.6) is 0 Å². The first-order valence-corrected chi connectivity index (χ1v) is 8.63. The number of nitrogens with one attached hydrogen (secondary N) is 1. The summed E-state index contributed by atoms with van der Waals surface area (Å²) in [6.07, 6.45) is 0.262. The zero-order valence-electron chi connectivity index (χ0n) is 15.6. The lowest BCUT2D eigenvalue weighted by atomic mass is 10.0. The normalized spacial score (nSPS) is 13.9. The van der Waals surface area contributed by atoms with E-state index in [9.17, 15) is 9.59 Å². The first-order chi connectivity index (χ1) is 12.2. The van der Waals surface area contributed by atoms with Crippen LogP contribution in [-0.4, -0.2) is 38.8 Å². The molecule has 138 valence electrons. The molecule has 3 rings (SSSR count). The Morgan fingerprint density at radius 2 is 1.88 bits per heavy atom. The third-order valence-corrected chi connectivity index (χ3v) is 4.14. The molecule has 2 heterocycles. The zero-order valence-corrected chi connectivity index (χ0v) is 15.6. The molecule has 0 unspecified atom stereocenters. The van der Waals surface area contributed by atoms with Gasteiger partial charge in [0.2, 0.25) is 0 Å². The Kier molecular flexibility index (Phi) is 4.71. The molecule has 1 aliphatic heterocycles. The molecule has 1 N–H and O–H groups in total. The monoisotopic (exact) mass is 356 g/mol. The summed E-state index contributed by atoms with van der Waals surface area (Å²) in [7, 11) is 1.82. The van der Waals surface area contributed by atoms with Crippen LogP contribution in [0.15, 0.2) is 30.3 Å². The van der Waals surface area contributed by atoms with E-state index in [4.69, 9.17) is 4.74 Å². The Balaban J connectivity index is 1.81. The van der Waals surface area contributed by atoms with E-state index in [1.165, 1.54) is 0 Å². The van der Waals surface area contributed by atoms with Crippen molar-refractivity contribution in [3.8, 4) is 0 Å². The van der Waals surface area contributed by atoms with Crippen LogP contribution in [0.25, 0.3) is 0 Å². The van der Waals surface area contributed by atoms with E-state index in [2.05, 4.69) is 10.4 Å². The van der Waals surface area contributed by atoms with Gasteiger partial charge in [0, 0.05) is 37.0 Å². The molecule has 7 nitrogen and oxygen atoms in total. The number of hydrogen-bond acceptors (Lipinski definition) is 4. The zero-order chi connectivity index (χ0) is 18.9. The van der Waals surface area contributed by atoms with Crippen molar-refractivity contribution in [1.29, 1.82) is 0 Å². The fourth-order valence-electron chi connectivity index (χ4n) is 2.97. The van der Waals surface area contributed by atoms with Gasteiger partial charge in [0.15, 0.2) is 5.69 Å². The topological polar surface area (TPSA) is 76.5 Å². The molecule has 2 amide bonds. The van der Waals surface area contributed by atoms with Gasteiger partial charge in [0.05, 0.1) is 6.54 Å². The van der Waals surface area contributed by atoms with Crippen molar-refractivity contribution >= 4 is 17.7 Å². The number of rotatable bonds is 2. The van der Waals surface area contributed by atoms with Crippen LogP contribution in [0, 0.1) is 0 Å². The van der Waals surface area contributed by atoms with Crippen LogP contribution in [0.3, 0.4) is 0 Å². The third-order valence-electron chi connectivity index (χ3n) is 4.14. The molecule has 0 fully saturated rings. The smallest absolute Gasteiger partial charge is 0.410 e. The minimum absolute atomic E-state index is 0.279. The number of aromatic nitrogens is 2. The molecule has 0 radical (unpaired) electrons. The summed E-state index contributed by atoms with van der Waals surface area (Å²) in [5, 5.41) is 7.24. The van der Waals surface area contributed by atoms with Gasteiger partial charge in [-0.05, 0) is 32.9 Å². The summed E-state index contributed by atoms with van der Waals surface area (Å²) in [5.74, 6) is -0.279. The first-order valence-electron chi connectivity index (χ1n) is 8.63. The van der Waals surface area contributed by atoms with Crippen molar-refractivity contribution in [1.82, 2.24) is 14.7 Å². The second kappa shape index (κ2) is 6.82. The second-order valence-electron chi connectivity index (χ2n) is 7.37. The molecule has 0 spiro atoms. The summed E-state index contributed by atoms with van der Waals surface area (Å²) in [4.78, 5) is 26.7. The minimum Gasteiger partial charge on any atom is -0.444 e. The maximum Gasteiger partial charge on any atom is 0.410 e. The number of aryl methyl sites for hydroxylation is 1. The number of nitrogens with zero attached hydrogens (tertiary/aromatic N) is 3. The molecule has 0 aliphatic carbocycles. The highest BCUT2D eigenvalue weighted by Gasteiger charge is 2.31. The minimum atomic E-state index is -0.556. The van der Waals surface area contributed by atoms with Crippen LogP contribution >= 0.6 is 0 Å². The molecule has 1 aliphatic rings. The predicted molar refractivity (Wildman–Crippen MR) is 98.0 cm³/mol. The number of anilines is 1. The van der Waals surface area contributed by atoms with Crippen LogP contribution < -0.4 is 5.32 Å². The van der Waals surface area contributed by atoms with E-state index < -0.39 is 5.60 Å². The van der Waals surface area contributed by atoms with Crippen molar-refractivity contribution in [2.24, 2.45) is 7.05 Å². The lowest BCUT2D eigenvalue weighted by molar-refractivity contribution is 0.0222. The molecule has 26 heavy (non-hydrogen) atoms. The van der Waals surface area contributed by atoms with E-state index in [0.717, 1.165) is 11.3 Å². The molecular formula is C19H24N4O3. The first kappa shape index (κ1) is 18.0. The lowest BCUT2D eigenvalue weighted by Gasteiger charge is -2.30. The molecule has 7 heteroatoms. The summed E-state index contributed by atoms with van der Waals surface area (Å²) in [6.45, 7) is 6.37. The van der Waals surface area contributed by atoms with E-state index in [-0.39, 0.29) is 12.0 Å². The molecule has 0 bridgehead atoms. The maximum atomic E-state index is 12.7. The highest BCUT2D eigenvalue weighted by Crippen LogP contribution is 2.24. The van der Waals surface area contributed by atoms with E-state index in [1.807, 2.05) is 58.2 Å². The average Bonchev–Trinajstić information content (AvgIpc) is 2.91. The second-order valence-corrected chi connectivity index (χ2v) is 7.37. The molecule has 0 saturated carbocycles. The standard InChI is InChI=1S/C19H24N4O3/c1-19(2,3)26-18(25)23-11-10-15-14(12-23)16(21-22(15)4)17(24)20-13-8-6-5-7-9-13/h5-9H,10-12H2,1-4H3,(H,20,24). The van der Waals surface area contributed by atoms with Gasteiger partial charge in [-0.2, -0.15) is 5.10 Å². The van der Waals surface area contributed by atoms with Crippen molar-refractivity contribution in [2.45, 2.75) is 39.3 Å². The predicted octanol–water partition coefficient (Wildman–Crippen LogP) is 2.97. The molecule has 2 aromatic rings. The summed E-state index contributed by atoms with van der Waals surface area (Å²) < 4.78 is 7.18. The van der Waals surface area contributed by atoms with Gasteiger partial charge in [-0.15, -0.1) is 0 Å². The highest BCUT2D eigenvalue weighted by molar-refractivity contribution is 6.04. The largest absolute Gasteiger partial charge is 0.444 e. The van der Waals surface area contributed by atoms with Crippen molar-refractivity contribution < 1.29 is 14.3 Å². The summed E-state index contributed by atoms with van der Waals surface area (Å²) >= 11 is 0. The number of ether oxygens (including phenoxy) is 1. The van der Waals surface area contributed by atoms with Gasteiger partial charge in [0.25, 0.3) is 5.91 Å². The Bertz CT molecular complexity index is 821. The quantitative estimate of drug-likeness (QED) is 0.897. The molecule has 1 aromatic carbocycles. The summed E-state index contributed by atoms with van der Waals surface area (Å²) in [6, 6.07) is 9.24. The Morgan fingerprint density at radius 3 is 2.54 bits per heavy atom. The van der Waals surface area contributed by atoms with Crippen molar-refractivity contribution in [3.05, 3.63) is 47.3 Å². The fourth-order valence-corrected chi connectivity index (χ4v) is 2.97. The number of carbonyl (C=O) groups is 2. The van der Waals surface area contributed by atoms with Gasteiger partial charge in [-0.3, -0.25) is 9.48 Å². The van der Waals surface area contributed by atoms with Crippen molar-refractivity contribution in [3.63, 3.8) is 0 Å². The lowest BCUT2D eigenvalue weighted by Crippen LogP contribution is -2.40. The van der Waals surface area contributed by atoms with Gasteiger partial charge in [-0.25, -0.2) is 4.79 Å². The maximum absolute atomic E-state index is 12.7. The number of benzene rings is 1. The number of carbonyl (C=O) groups excluding carboxylic acids is 2. The number of amides is 2. The van der Waals surface area contributed by atoms with E-state index >= 15 is 0 Å². The van der Waals surface area contributed by atoms with Gasteiger partial charge in [-0.1, -0.05) is 18.2 Å². The van der Waals surface area contributed by atoms with Crippen LogP contribution in [0.4, 0.5) is 10.5 Å². The van der Waals surface area contributed by atoms with Gasteiger partial charge >= 0.3 is 6.09 Å². The fraction of sp³-hybridized carbons (Fsp3) is 0.421. The van der Waals surface area contributed by atoms with Gasteiger partial charge < -0.3 is 15.0 Å². The molecule has 0 saturated heterocycles. The average molecular weight is 356 g/mol. The SMILES string of the molecule is Cn1nc(C(=O)Nc2ccccc2)c2c1CCN(C(=O)OC(C)(C)C)C2. The highest BCUT2D eigenvalue weighted by atomic mass is 16.6. The van der Waals surface area contributed by atoms with Crippen LogP contribution in [0.1, 0.15) is 42.5 Å². The number of fused-ring (bicyclic) bond motifs is 1. The van der Waals surface area contributed by atoms with Crippen LogP contribution in [-0.2, 0) is 24.8 Å². The molecule has 1 aromatic heterocycles. The van der Waals surface area contributed by atoms with E-state index in [1.54, 1.807) is 9.58 Å². The summed E-state index contributed by atoms with van der Waals surface area (Å²) in [5.41, 5.74) is 2.25. The van der Waals surface area contributed by atoms with Crippen molar-refractivity contribution in [2.75, 3.05) is 11.9 Å². The Morgan fingerprint density at radius 1 is 1.19 bits per heavy atom. The number of hydrogen-bond donors (Lipinski definition) is 1. The third kappa shape index (κ3) is 3.87.